The summed E-state index contributed by atoms with van der Waals surface area (Å²) in [7, 11) is 0. The average molecular weight is 817 g/mol. The molecule has 0 N–H and O–H groups in total. The van der Waals surface area contributed by atoms with Crippen molar-refractivity contribution >= 4 is 71.0 Å². The Hall–Kier alpha value is -9.24. The maximum atomic E-state index is 10.3. The quantitative estimate of drug-likeness (QED) is 0.155. The van der Waals surface area contributed by atoms with Crippen molar-refractivity contribution in [2.45, 2.75) is 0 Å². The smallest absolute Gasteiger partial charge is 0.159 e. The van der Waals surface area contributed by atoms with Crippen molar-refractivity contribution in [3.8, 4) is 46.3 Å². The number of nitriles is 2. The van der Waals surface area contributed by atoms with E-state index in [9.17, 15) is 10.5 Å². The van der Waals surface area contributed by atoms with E-state index in [1.165, 1.54) is 0 Å². The average Bonchev–Trinajstić information content (AvgIpc) is 3.87. The number of benzene rings is 8. The van der Waals surface area contributed by atoms with Gasteiger partial charge in [-0.15, -0.1) is 0 Å². The summed E-state index contributed by atoms with van der Waals surface area (Å²) in [5, 5.41) is 26.9. The van der Waals surface area contributed by atoms with Gasteiger partial charge in [0.15, 0.2) is 11.6 Å². The first-order valence-corrected chi connectivity index (χ1v) is 20.9. The Bertz CT molecular complexity index is 3720. The number of allylic oxidation sites excluding steroid dienone is 1. The molecule has 0 spiro atoms. The molecule has 0 amide bonds. The Morgan fingerprint density at radius 3 is 1.27 bits per heavy atom. The third-order valence-corrected chi connectivity index (χ3v) is 12.1. The molecule has 64 heavy (non-hydrogen) atoms. The first-order valence-electron chi connectivity index (χ1n) is 20.9. The van der Waals surface area contributed by atoms with Crippen molar-refractivity contribution in [1.82, 2.24) is 29.1 Å². The maximum Gasteiger partial charge on any atom is 0.159 e. The van der Waals surface area contributed by atoms with Gasteiger partial charge >= 0.3 is 0 Å². The normalized spacial score (nSPS) is 11.4. The summed E-state index contributed by atoms with van der Waals surface area (Å²) in [6, 6.07) is 66.0. The van der Waals surface area contributed by atoms with Crippen molar-refractivity contribution in [2.75, 3.05) is 0 Å². The molecule has 0 fully saturated rings. The zero-order chi connectivity index (χ0) is 42.7. The van der Waals surface area contributed by atoms with Crippen LogP contribution in [0, 0.1) is 22.7 Å². The molecular formula is C56H32N8. The summed E-state index contributed by atoms with van der Waals surface area (Å²) in [5.41, 5.74) is 12.0. The van der Waals surface area contributed by atoms with Crippen LogP contribution < -0.4 is 0 Å². The van der Waals surface area contributed by atoms with Crippen molar-refractivity contribution in [1.29, 1.82) is 10.5 Å². The highest BCUT2D eigenvalue weighted by Gasteiger charge is 2.19. The number of rotatable bonds is 6. The van der Waals surface area contributed by atoms with Crippen LogP contribution >= 0.6 is 0 Å². The number of nitrogens with zero attached hydrogens (tertiary/aromatic N) is 8. The Kier molecular flexibility index (Phi) is 8.43. The molecular weight excluding hydrogens is 785 g/mol. The van der Waals surface area contributed by atoms with Gasteiger partial charge in [0.25, 0.3) is 0 Å². The molecule has 8 heteroatoms. The van der Waals surface area contributed by atoms with Gasteiger partial charge in [0, 0.05) is 72.8 Å². The van der Waals surface area contributed by atoms with E-state index in [0.29, 0.717) is 17.2 Å². The summed E-state index contributed by atoms with van der Waals surface area (Å²) < 4.78 is 4.49. The minimum absolute atomic E-state index is 0.0427. The van der Waals surface area contributed by atoms with Gasteiger partial charge in [-0.05, 0) is 96.1 Å². The van der Waals surface area contributed by atoms with Gasteiger partial charge < -0.3 is 9.13 Å². The molecule has 0 aliphatic carbocycles. The molecule has 12 aromatic rings. The van der Waals surface area contributed by atoms with E-state index in [4.69, 9.17) is 19.9 Å². The molecule has 0 bridgehead atoms. The van der Waals surface area contributed by atoms with Gasteiger partial charge in [-0.1, -0.05) is 97.1 Å². The molecule has 8 aromatic carbocycles. The molecule has 0 radical (unpaired) electrons. The Balaban J connectivity index is 0.909. The molecule has 0 aliphatic heterocycles. The second-order valence-electron chi connectivity index (χ2n) is 15.7. The number of para-hydroxylation sites is 4. The van der Waals surface area contributed by atoms with Crippen molar-refractivity contribution in [3.05, 3.63) is 211 Å². The molecule has 0 saturated heterocycles. The molecule has 8 nitrogen and oxygen atoms in total. The predicted octanol–water partition coefficient (Wildman–Crippen LogP) is 13.0. The molecule has 0 atom stereocenters. The van der Waals surface area contributed by atoms with Crippen LogP contribution in [0.25, 0.3) is 105 Å². The topological polar surface area (TPSA) is 109 Å². The molecule has 0 unspecified atom stereocenters. The molecule has 4 aromatic heterocycles. The highest BCUT2D eigenvalue weighted by atomic mass is 15.0. The first-order chi connectivity index (χ1) is 31.6. The van der Waals surface area contributed by atoms with Gasteiger partial charge in [-0.25, -0.2) is 19.9 Å². The van der Waals surface area contributed by atoms with Crippen LogP contribution in [0.15, 0.2) is 200 Å². The standard InChI is InChI=1S/C56H32N8/c57-31-41(32-58)54(35-17-23-42(24-18-35)63-50-15-7-3-11-44(50)46-29-37(21-27-52(46)63)55-59-33-39-9-1-5-13-48(39)61-55)36-19-25-43(26-20-36)64-51-16-8-4-12-45(51)47-30-38(22-28-53(47)64)56-60-34-40-10-2-6-14-49(40)62-56/h1-30,33-34H. The lowest BCUT2D eigenvalue weighted by Gasteiger charge is -2.14. The van der Waals surface area contributed by atoms with Crippen LogP contribution in [0.4, 0.5) is 0 Å². The lowest BCUT2D eigenvalue weighted by molar-refractivity contribution is 1.17. The summed E-state index contributed by atoms with van der Waals surface area (Å²) >= 11 is 0. The highest BCUT2D eigenvalue weighted by molar-refractivity contribution is 6.11. The minimum atomic E-state index is 0.0427. The molecule has 0 saturated carbocycles. The summed E-state index contributed by atoms with van der Waals surface area (Å²) in [6.07, 6.45) is 3.75. The van der Waals surface area contributed by atoms with E-state index in [2.05, 4.69) is 118 Å². The fourth-order valence-corrected chi connectivity index (χ4v) is 9.15. The van der Waals surface area contributed by atoms with E-state index >= 15 is 0 Å². The summed E-state index contributed by atoms with van der Waals surface area (Å²) in [4.78, 5) is 19.1. The van der Waals surface area contributed by atoms with Gasteiger partial charge in [0.1, 0.15) is 17.7 Å². The first kappa shape index (κ1) is 36.6. The number of hydrogen-bond donors (Lipinski definition) is 0. The summed E-state index contributed by atoms with van der Waals surface area (Å²) in [5.74, 6) is 1.36. The Morgan fingerprint density at radius 1 is 0.406 bits per heavy atom. The Labute approximate surface area is 366 Å². The van der Waals surface area contributed by atoms with E-state index in [-0.39, 0.29) is 5.57 Å². The van der Waals surface area contributed by atoms with Crippen molar-refractivity contribution in [3.63, 3.8) is 0 Å². The number of fused-ring (bicyclic) bond motifs is 8. The highest BCUT2D eigenvalue weighted by Crippen LogP contribution is 2.38. The van der Waals surface area contributed by atoms with E-state index in [1.807, 2.05) is 97.3 Å². The lowest BCUT2D eigenvalue weighted by Crippen LogP contribution is -1.98. The van der Waals surface area contributed by atoms with Gasteiger partial charge in [0.2, 0.25) is 0 Å². The largest absolute Gasteiger partial charge is 0.309 e. The lowest BCUT2D eigenvalue weighted by atomic mass is 9.93. The molecule has 296 valence electrons. The van der Waals surface area contributed by atoms with Crippen LogP contribution in [-0.4, -0.2) is 29.1 Å². The van der Waals surface area contributed by atoms with Crippen LogP contribution in [0.5, 0.6) is 0 Å². The predicted molar refractivity (Wildman–Crippen MR) is 256 cm³/mol. The van der Waals surface area contributed by atoms with E-state index in [0.717, 1.165) is 99.0 Å². The van der Waals surface area contributed by atoms with Crippen LogP contribution in [0.2, 0.25) is 0 Å². The zero-order valence-corrected chi connectivity index (χ0v) is 34.1. The van der Waals surface area contributed by atoms with Crippen LogP contribution in [0.3, 0.4) is 0 Å². The second kappa shape index (κ2) is 14.7. The monoisotopic (exact) mass is 816 g/mol. The third-order valence-electron chi connectivity index (χ3n) is 12.1. The van der Waals surface area contributed by atoms with Crippen molar-refractivity contribution in [2.24, 2.45) is 0 Å². The maximum absolute atomic E-state index is 10.3. The van der Waals surface area contributed by atoms with Gasteiger partial charge in [-0.3, -0.25) is 0 Å². The fraction of sp³-hybridized carbons (Fsp3) is 0. The van der Waals surface area contributed by atoms with Crippen LogP contribution in [-0.2, 0) is 0 Å². The van der Waals surface area contributed by atoms with Gasteiger partial charge in [0.05, 0.1) is 33.1 Å². The van der Waals surface area contributed by atoms with E-state index in [1.54, 1.807) is 0 Å². The zero-order valence-electron chi connectivity index (χ0n) is 34.1. The molecule has 12 rings (SSSR count). The summed E-state index contributed by atoms with van der Waals surface area (Å²) in [6.45, 7) is 0. The minimum Gasteiger partial charge on any atom is -0.309 e. The SMILES string of the molecule is N#CC(C#N)=C(c1ccc(-n2c3ccccc3c3cc(-c4ncc5ccccc5n4)ccc32)cc1)c1ccc(-n2c3ccccc3c3cc(-c4ncc5ccccc5n4)ccc32)cc1. The number of hydrogen-bond acceptors (Lipinski definition) is 6. The van der Waals surface area contributed by atoms with Crippen molar-refractivity contribution < 1.29 is 0 Å². The number of aromatic nitrogens is 6. The molecule has 0 aliphatic rings. The van der Waals surface area contributed by atoms with Gasteiger partial charge in [-0.2, -0.15) is 10.5 Å². The van der Waals surface area contributed by atoms with E-state index < -0.39 is 0 Å². The third kappa shape index (κ3) is 5.90. The fourth-order valence-electron chi connectivity index (χ4n) is 9.15. The van der Waals surface area contributed by atoms with Crippen LogP contribution in [0.1, 0.15) is 11.1 Å². The Morgan fingerprint density at radius 2 is 0.812 bits per heavy atom. The second-order valence-corrected chi connectivity index (χ2v) is 15.7. The molecule has 4 heterocycles.